The number of pyridine rings is 1. The molecule has 6 nitrogen and oxygen atoms in total. The van der Waals surface area contributed by atoms with E-state index in [1.807, 2.05) is 17.8 Å². The lowest BCUT2D eigenvalue weighted by molar-refractivity contribution is 0.192. The van der Waals surface area contributed by atoms with Gasteiger partial charge in [0.25, 0.3) is 0 Å². The molecule has 3 rings (SSSR count). The van der Waals surface area contributed by atoms with Gasteiger partial charge in [0.05, 0.1) is 5.69 Å². The van der Waals surface area contributed by atoms with Crippen molar-refractivity contribution in [2.45, 2.75) is 45.3 Å². The fourth-order valence-electron chi connectivity index (χ4n) is 3.27. The SMILES string of the molecule is CCc1ccc(CN2CCC[C@H](c3nnc(CO)n3C)C2)nc1. The van der Waals surface area contributed by atoms with Crippen LogP contribution in [0.15, 0.2) is 18.3 Å². The van der Waals surface area contributed by atoms with E-state index < -0.39 is 0 Å². The number of hydrogen-bond donors (Lipinski definition) is 1. The Kier molecular flexibility index (Phi) is 5.03. The molecule has 2 aromatic heterocycles. The molecule has 0 aromatic carbocycles. The van der Waals surface area contributed by atoms with Crippen molar-refractivity contribution in [2.75, 3.05) is 13.1 Å². The van der Waals surface area contributed by atoms with Crippen LogP contribution in [0, 0.1) is 0 Å². The summed E-state index contributed by atoms with van der Waals surface area (Å²) < 4.78 is 1.93. The summed E-state index contributed by atoms with van der Waals surface area (Å²) in [6.07, 6.45) is 5.28. The predicted molar refractivity (Wildman–Crippen MR) is 87.8 cm³/mol. The molecule has 23 heavy (non-hydrogen) atoms. The summed E-state index contributed by atoms with van der Waals surface area (Å²) in [5, 5.41) is 17.6. The van der Waals surface area contributed by atoms with Crippen LogP contribution in [0.25, 0.3) is 0 Å². The highest BCUT2D eigenvalue weighted by atomic mass is 16.3. The van der Waals surface area contributed by atoms with Crippen molar-refractivity contribution in [2.24, 2.45) is 7.05 Å². The highest BCUT2D eigenvalue weighted by molar-refractivity contribution is 5.14. The van der Waals surface area contributed by atoms with Gasteiger partial charge in [-0.2, -0.15) is 0 Å². The van der Waals surface area contributed by atoms with E-state index in [1.54, 1.807) is 0 Å². The van der Waals surface area contributed by atoms with Crippen LogP contribution >= 0.6 is 0 Å². The van der Waals surface area contributed by atoms with Gasteiger partial charge < -0.3 is 9.67 Å². The Morgan fingerprint density at radius 2 is 2.17 bits per heavy atom. The standard InChI is InChI=1S/C17H25N5O/c1-3-13-6-7-15(18-9-13)11-22-8-4-5-14(10-22)17-20-19-16(12-23)21(17)2/h6-7,9,14,23H,3-5,8,10-12H2,1-2H3/t14-/m0/s1. The number of nitrogens with zero attached hydrogens (tertiary/aromatic N) is 5. The van der Waals surface area contributed by atoms with Gasteiger partial charge in [-0.25, -0.2) is 0 Å². The van der Waals surface area contributed by atoms with Gasteiger partial charge in [0.2, 0.25) is 0 Å². The van der Waals surface area contributed by atoms with Crippen molar-refractivity contribution in [1.82, 2.24) is 24.6 Å². The van der Waals surface area contributed by atoms with Crippen molar-refractivity contribution in [3.8, 4) is 0 Å². The highest BCUT2D eigenvalue weighted by Crippen LogP contribution is 2.26. The third kappa shape index (κ3) is 3.59. The Hall–Kier alpha value is -1.79. The molecule has 0 radical (unpaired) electrons. The molecule has 0 spiro atoms. The van der Waals surface area contributed by atoms with E-state index >= 15 is 0 Å². The number of piperidine rings is 1. The second kappa shape index (κ2) is 7.19. The average molecular weight is 315 g/mol. The van der Waals surface area contributed by atoms with E-state index in [9.17, 15) is 5.11 Å². The number of rotatable bonds is 5. The summed E-state index contributed by atoms with van der Waals surface area (Å²) in [7, 11) is 1.94. The number of aliphatic hydroxyl groups is 1. The second-order valence-corrected chi connectivity index (χ2v) is 6.28. The molecular formula is C17H25N5O. The van der Waals surface area contributed by atoms with Gasteiger partial charge in [0.1, 0.15) is 12.4 Å². The topological polar surface area (TPSA) is 67.1 Å². The molecule has 0 bridgehead atoms. The largest absolute Gasteiger partial charge is 0.388 e. The molecular weight excluding hydrogens is 290 g/mol. The van der Waals surface area contributed by atoms with Gasteiger partial charge in [0, 0.05) is 32.3 Å². The van der Waals surface area contributed by atoms with Crippen molar-refractivity contribution in [1.29, 1.82) is 0 Å². The smallest absolute Gasteiger partial charge is 0.158 e. The van der Waals surface area contributed by atoms with Crippen LogP contribution in [0.3, 0.4) is 0 Å². The number of aromatic nitrogens is 4. The molecule has 1 atom stereocenters. The highest BCUT2D eigenvalue weighted by Gasteiger charge is 2.26. The Labute approximate surface area is 137 Å². The summed E-state index contributed by atoms with van der Waals surface area (Å²) in [5.74, 6) is 1.98. The number of aryl methyl sites for hydroxylation is 1. The van der Waals surface area contributed by atoms with Gasteiger partial charge in [-0.1, -0.05) is 13.0 Å². The monoisotopic (exact) mass is 315 g/mol. The van der Waals surface area contributed by atoms with Crippen molar-refractivity contribution in [3.05, 3.63) is 41.2 Å². The quantitative estimate of drug-likeness (QED) is 0.908. The summed E-state index contributed by atoms with van der Waals surface area (Å²) in [4.78, 5) is 7.01. The minimum Gasteiger partial charge on any atom is -0.388 e. The molecule has 1 saturated heterocycles. The van der Waals surface area contributed by atoms with Crippen molar-refractivity contribution in [3.63, 3.8) is 0 Å². The average Bonchev–Trinajstić information content (AvgIpc) is 2.96. The zero-order chi connectivity index (χ0) is 16.2. The maximum absolute atomic E-state index is 9.28. The van der Waals surface area contributed by atoms with Gasteiger partial charge in [-0.05, 0) is 37.4 Å². The maximum atomic E-state index is 9.28. The number of hydrogen-bond acceptors (Lipinski definition) is 5. The van der Waals surface area contributed by atoms with Crippen LogP contribution in [-0.4, -0.2) is 42.8 Å². The summed E-state index contributed by atoms with van der Waals surface area (Å²) >= 11 is 0. The Bertz CT molecular complexity index is 637. The minimum absolute atomic E-state index is 0.0619. The Morgan fingerprint density at radius 3 is 2.83 bits per heavy atom. The van der Waals surface area contributed by atoms with E-state index in [0.29, 0.717) is 11.7 Å². The Balaban J connectivity index is 1.66. The maximum Gasteiger partial charge on any atom is 0.158 e. The minimum atomic E-state index is -0.0619. The van der Waals surface area contributed by atoms with Gasteiger partial charge >= 0.3 is 0 Å². The van der Waals surface area contributed by atoms with E-state index in [4.69, 9.17) is 0 Å². The molecule has 0 unspecified atom stereocenters. The van der Waals surface area contributed by atoms with Crippen LogP contribution in [-0.2, 0) is 26.6 Å². The first-order chi connectivity index (χ1) is 11.2. The molecule has 2 aromatic rings. The molecule has 1 aliphatic rings. The van der Waals surface area contributed by atoms with Crippen LogP contribution in [0.4, 0.5) is 0 Å². The number of aliphatic hydroxyl groups excluding tert-OH is 1. The summed E-state index contributed by atoms with van der Waals surface area (Å²) in [5.41, 5.74) is 2.40. The van der Waals surface area contributed by atoms with E-state index in [-0.39, 0.29) is 6.61 Å². The molecule has 0 aliphatic carbocycles. The fourth-order valence-corrected chi connectivity index (χ4v) is 3.27. The fraction of sp³-hybridized carbons (Fsp3) is 0.588. The molecule has 124 valence electrons. The van der Waals surface area contributed by atoms with Gasteiger partial charge in [-0.15, -0.1) is 10.2 Å². The van der Waals surface area contributed by atoms with Crippen molar-refractivity contribution >= 4 is 0 Å². The first-order valence-electron chi connectivity index (χ1n) is 8.36. The first-order valence-corrected chi connectivity index (χ1v) is 8.36. The molecule has 1 aliphatic heterocycles. The molecule has 1 fully saturated rings. The van der Waals surface area contributed by atoms with E-state index in [1.165, 1.54) is 5.56 Å². The summed E-state index contributed by atoms with van der Waals surface area (Å²) in [6, 6.07) is 4.30. The van der Waals surface area contributed by atoms with Crippen LogP contribution in [0.2, 0.25) is 0 Å². The molecule has 6 heteroatoms. The molecule has 0 amide bonds. The zero-order valence-corrected chi connectivity index (χ0v) is 13.9. The lowest BCUT2D eigenvalue weighted by Crippen LogP contribution is -2.35. The summed E-state index contributed by atoms with van der Waals surface area (Å²) in [6.45, 7) is 5.03. The lowest BCUT2D eigenvalue weighted by atomic mass is 9.97. The first kappa shape index (κ1) is 16.1. The van der Waals surface area contributed by atoms with Gasteiger partial charge in [-0.3, -0.25) is 9.88 Å². The molecule has 1 N–H and O–H groups in total. The van der Waals surface area contributed by atoms with Crippen LogP contribution < -0.4 is 0 Å². The molecule has 3 heterocycles. The van der Waals surface area contributed by atoms with Crippen LogP contribution in [0.1, 0.15) is 48.6 Å². The van der Waals surface area contributed by atoms with E-state index in [0.717, 1.165) is 50.4 Å². The molecule has 0 saturated carbocycles. The van der Waals surface area contributed by atoms with Crippen LogP contribution in [0.5, 0.6) is 0 Å². The lowest BCUT2D eigenvalue weighted by Gasteiger charge is -2.31. The zero-order valence-electron chi connectivity index (χ0n) is 13.9. The second-order valence-electron chi connectivity index (χ2n) is 6.28. The predicted octanol–water partition coefficient (Wildman–Crippen LogP) is 1.64. The third-order valence-corrected chi connectivity index (χ3v) is 4.69. The van der Waals surface area contributed by atoms with Crippen molar-refractivity contribution < 1.29 is 5.11 Å². The van der Waals surface area contributed by atoms with Gasteiger partial charge in [0.15, 0.2) is 5.82 Å². The third-order valence-electron chi connectivity index (χ3n) is 4.69. The van der Waals surface area contributed by atoms with E-state index in [2.05, 4.69) is 39.1 Å². The Morgan fingerprint density at radius 1 is 1.30 bits per heavy atom. The normalized spacial score (nSPS) is 19.2. The number of likely N-dealkylation sites (tertiary alicyclic amines) is 1.